The number of nitrogens with two attached hydrogens (primary N) is 1. The van der Waals surface area contributed by atoms with E-state index in [4.69, 9.17) is 5.73 Å². The summed E-state index contributed by atoms with van der Waals surface area (Å²) in [6, 6.07) is 5.90. The van der Waals surface area contributed by atoms with Crippen molar-refractivity contribution < 1.29 is 4.79 Å². The SMILES string of the molecule is CCC1CCC(NC(=O)c2cccc(C)c2N)C1C. The largest absolute Gasteiger partial charge is 0.398 e. The molecule has 0 radical (unpaired) electrons. The lowest BCUT2D eigenvalue weighted by atomic mass is 9.93. The molecule has 0 spiro atoms. The molecule has 3 N–H and O–H groups in total. The van der Waals surface area contributed by atoms with Crippen molar-refractivity contribution in [2.75, 3.05) is 5.73 Å². The molecule has 19 heavy (non-hydrogen) atoms. The van der Waals surface area contributed by atoms with Crippen molar-refractivity contribution in [2.45, 2.75) is 46.1 Å². The van der Waals surface area contributed by atoms with Gasteiger partial charge in [-0.15, -0.1) is 0 Å². The number of para-hydroxylation sites is 1. The quantitative estimate of drug-likeness (QED) is 0.820. The Bertz CT molecular complexity index is 470. The van der Waals surface area contributed by atoms with Crippen LogP contribution in [0, 0.1) is 18.8 Å². The summed E-state index contributed by atoms with van der Waals surface area (Å²) in [7, 11) is 0. The summed E-state index contributed by atoms with van der Waals surface area (Å²) in [6.07, 6.45) is 3.49. The van der Waals surface area contributed by atoms with E-state index in [-0.39, 0.29) is 11.9 Å². The Morgan fingerprint density at radius 1 is 1.42 bits per heavy atom. The highest BCUT2D eigenvalue weighted by molar-refractivity contribution is 5.99. The highest BCUT2D eigenvalue weighted by Crippen LogP contribution is 2.34. The summed E-state index contributed by atoms with van der Waals surface area (Å²) in [5, 5.41) is 3.16. The number of anilines is 1. The number of nitrogen functional groups attached to an aromatic ring is 1. The number of hydrogen-bond donors (Lipinski definition) is 2. The summed E-state index contributed by atoms with van der Waals surface area (Å²) in [4.78, 5) is 12.3. The molecule has 1 saturated carbocycles. The van der Waals surface area contributed by atoms with Gasteiger partial charge >= 0.3 is 0 Å². The summed E-state index contributed by atoms with van der Waals surface area (Å²) < 4.78 is 0. The summed E-state index contributed by atoms with van der Waals surface area (Å²) in [5.74, 6) is 1.26. The van der Waals surface area contributed by atoms with Gasteiger partial charge in [0.2, 0.25) is 0 Å². The number of benzene rings is 1. The molecule has 1 amide bonds. The first-order valence-corrected chi connectivity index (χ1v) is 7.20. The molecular weight excluding hydrogens is 236 g/mol. The standard InChI is InChI=1S/C16H24N2O/c1-4-12-8-9-14(11(12)3)18-16(19)13-7-5-6-10(2)15(13)17/h5-7,11-12,14H,4,8-9,17H2,1-3H3,(H,18,19). The second-order valence-electron chi connectivity index (χ2n) is 5.72. The second kappa shape index (κ2) is 5.64. The molecule has 104 valence electrons. The third-order valence-electron chi connectivity index (χ3n) is 4.64. The Kier molecular flexibility index (Phi) is 4.13. The fraction of sp³-hybridized carbons (Fsp3) is 0.562. The fourth-order valence-electron chi connectivity index (χ4n) is 3.15. The summed E-state index contributed by atoms with van der Waals surface area (Å²) in [6.45, 7) is 6.40. The zero-order valence-electron chi connectivity index (χ0n) is 12.1. The molecule has 1 fully saturated rings. The van der Waals surface area contributed by atoms with Gasteiger partial charge < -0.3 is 11.1 Å². The van der Waals surface area contributed by atoms with Gasteiger partial charge in [0.05, 0.1) is 5.56 Å². The van der Waals surface area contributed by atoms with Crippen molar-refractivity contribution in [1.82, 2.24) is 5.32 Å². The van der Waals surface area contributed by atoms with Crippen LogP contribution in [-0.4, -0.2) is 11.9 Å². The summed E-state index contributed by atoms with van der Waals surface area (Å²) in [5.41, 5.74) is 8.14. The van der Waals surface area contributed by atoms with E-state index in [1.165, 1.54) is 12.8 Å². The van der Waals surface area contributed by atoms with Crippen LogP contribution in [0.2, 0.25) is 0 Å². The minimum atomic E-state index is -0.0326. The highest BCUT2D eigenvalue weighted by atomic mass is 16.1. The third-order valence-corrected chi connectivity index (χ3v) is 4.64. The smallest absolute Gasteiger partial charge is 0.253 e. The van der Waals surface area contributed by atoms with Crippen LogP contribution in [0.3, 0.4) is 0 Å². The molecule has 3 heteroatoms. The van der Waals surface area contributed by atoms with Crippen LogP contribution in [-0.2, 0) is 0 Å². The van der Waals surface area contributed by atoms with E-state index in [9.17, 15) is 4.79 Å². The lowest BCUT2D eigenvalue weighted by Crippen LogP contribution is -2.37. The maximum atomic E-state index is 12.3. The maximum Gasteiger partial charge on any atom is 0.253 e. The normalized spacial score (nSPS) is 26.4. The molecule has 1 aromatic rings. The minimum absolute atomic E-state index is 0.0326. The van der Waals surface area contributed by atoms with E-state index in [2.05, 4.69) is 19.2 Å². The Balaban J connectivity index is 2.08. The average Bonchev–Trinajstić information content (AvgIpc) is 2.73. The van der Waals surface area contributed by atoms with Crippen molar-refractivity contribution in [3.05, 3.63) is 29.3 Å². The van der Waals surface area contributed by atoms with Gasteiger partial charge in [0.15, 0.2) is 0 Å². The van der Waals surface area contributed by atoms with Crippen LogP contribution >= 0.6 is 0 Å². The Morgan fingerprint density at radius 2 is 2.16 bits per heavy atom. The molecule has 3 atom stereocenters. The first kappa shape index (κ1) is 13.9. The van der Waals surface area contributed by atoms with Crippen molar-refractivity contribution in [3.8, 4) is 0 Å². The van der Waals surface area contributed by atoms with Gasteiger partial charge in [-0.1, -0.05) is 32.4 Å². The molecule has 3 unspecified atom stereocenters. The van der Waals surface area contributed by atoms with E-state index in [0.29, 0.717) is 17.2 Å². The first-order chi connectivity index (χ1) is 9.04. The van der Waals surface area contributed by atoms with Gasteiger partial charge in [-0.25, -0.2) is 0 Å². The predicted octanol–water partition coefficient (Wildman–Crippen LogP) is 3.13. The van der Waals surface area contributed by atoms with Crippen molar-refractivity contribution in [3.63, 3.8) is 0 Å². The molecule has 1 aliphatic carbocycles. The maximum absolute atomic E-state index is 12.3. The Hall–Kier alpha value is -1.51. The third kappa shape index (κ3) is 2.75. The fourth-order valence-corrected chi connectivity index (χ4v) is 3.15. The average molecular weight is 260 g/mol. The number of carbonyl (C=O) groups is 1. The molecule has 0 heterocycles. The van der Waals surface area contributed by atoms with Crippen molar-refractivity contribution >= 4 is 11.6 Å². The zero-order chi connectivity index (χ0) is 14.0. The molecule has 0 aromatic heterocycles. The molecule has 0 bridgehead atoms. The zero-order valence-corrected chi connectivity index (χ0v) is 12.1. The number of hydrogen-bond acceptors (Lipinski definition) is 2. The number of aryl methyl sites for hydroxylation is 1. The van der Waals surface area contributed by atoms with Crippen molar-refractivity contribution in [1.29, 1.82) is 0 Å². The Morgan fingerprint density at radius 3 is 2.79 bits per heavy atom. The topological polar surface area (TPSA) is 55.1 Å². The first-order valence-electron chi connectivity index (χ1n) is 7.20. The van der Waals surface area contributed by atoms with Crippen LogP contribution in [0.5, 0.6) is 0 Å². The van der Waals surface area contributed by atoms with Gasteiger partial charge in [-0.3, -0.25) is 4.79 Å². The second-order valence-corrected chi connectivity index (χ2v) is 5.72. The van der Waals surface area contributed by atoms with Crippen LogP contribution in [0.4, 0.5) is 5.69 Å². The van der Waals surface area contributed by atoms with Gasteiger partial charge in [0.1, 0.15) is 0 Å². The minimum Gasteiger partial charge on any atom is -0.398 e. The highest BCUT2D eigenvalue weighted by Gasteiger charge is 2.32. The van der Waals surface area contributed by atoms with E-state index in [0.717, 1.165) is 17.9 Å². The van der Waals surface area contributed by atoms with Crippen LogP contribution < -0.4 is 11.1 Å². The van der Waals surface area contributed by atoms with Gasteiger partial charge in [-0.05, 0) is 43.2 Å². The van der Waals surface area contributed by atoms with Gasteiger partial charge in [0, 0.05) is 11.7 Å². The van der Waals surface area contributed by atoms with E-state index >= 15 is 0 Å². The van der Waals surface area contributed by atoms with Crippen LogP contribution in [0.1, 0.15) is 49.0 Å². The molecule has 1 aliphatic rings. The molecule has 3 nitrogen and oxygen atoms in total. The number of amides is 1. The van der Waals surface area contributed by atoms with E-state index in [1.807, 2.05) is 19.1 Å². The molecule has 1 aromatic carbocycles. The van der Waals surface area contributed by atoms with Gasteiger partial charge in [-0.2, -0.15) is 0 Å². The van der Waals surface area contributed by atoms with E-state index in [1.54, 1.807) is 6.07 Å². The molecule has 0 aliphatic heterocycles. The van der Waals surface area contributed by atoms with Crippen LogP contribution in [0.15, 0.2) is 18.2 Å². The lowest BCUT2D eigenvalue weighted by Gasteiger charge is -2.21. The predicted molar refractivity (Wildman–Crippen MR) is 79.0 cm³/mol. The monoisotopic (exact) mass is 260 g/mol. The van der Waals surface area contributed by atoms with Crippen LogP contribution in [0.25, 0.3) is 0 Å². The number of rotatable bonds is 3. The van der Waals surface area contributed by atoms with Gasteiger partial charge in [0.25, 0.3) is 5.91 Å². The molecule has 0 saturated heterocycles. The lowest BCUT2D eigenvalue weighted by molar-refractivity contribution is 0.0927. The molecule has 2 rings (SSSR count). The van der Waals surface area contributed by atoms with Crippen molar-refractivity contribution in [2.24, 2.45) is 11.8 Å². The number of carbonyl (C=O) groups excluding carboxylic acids is 1. The Labute approximate surface area is 115 Å². The molecular formula is C16H24N2O. The summed E-state index contributed by atoms with van der Waals surface area (Å²) >= 11 is 0. The van der Waals surface area contributed by atoms with E-state index < -0.39 is 0 Å². The number of nitrogens with one attached hydrogen (secondary N) is 1.